The third-order valence-electron chi connectivity index (χ3n) is 3.31. The number of carbonyl (C=O) groups is 1. The first-order chi connectivity index (χ1) is 10.3. The second-order valence-corrected chi connectivity index (χ2v) is 5.77. The van der Waals surface area contributed by atoms with E-state index in [4.69, 9.17) is 0 Å². The van der Waals surface area contributed by atoms with Gasteiger partial charge in [0.05, 0.1) is 6.54 Å². The molecule has 0 aliphatic heterocycles. The van der Waals surface area contributed by atoms with Gasteiger partial charge in [0.15, 0.2) is 0 Å². The molecule has 0 bridgehead atoms. The molecule has 106 valence electrons. The van der Waals surface area contributed by atoms with Gasteiger partial charge >= 0.3 is 0 Å². The van der Waals surface area contributed by atoms with E-state index in [1.807, 2.05) is 76.9 Å². The fourth-order valence-corrected chi connectivity index (χ4v) is 2.94. The normalized spacial score (nSPS) is 12.0. The Morgan fingerprint density at radius 2 is 1.81 bits per heavy atom. The van der Waals surface area contributed by atoms with Gasteiger partial charge in [0.2, 0.25) is 5.91 Å². The monoisotopic (exact) mass is 296 g/mol. The third kappa shape index (κ3) is 3.23. The second-order valence-electron chi connectivity index (χ2n) is 4.74. The Kier molecular flexibility index (Phi) is 4.17. The first-order valence-electron chi connectivity index (χ1n) is 6.82. The summed E-state index contributed by atoms with van der Waals surface area (Å²) in [6.45, 7) is 0.571. The zero-order chi connectivity index (χ0) is 14.5. The van der Waals surface area contributed by atoms with Crippen molar-refractivity contribution in [2.24, 2.45) is 0 Å². The molecular weight excluding hydrogens is 280 g/mol. The molecule has 1 N–H and O–H groups in total. The molecule has 3 rings (SSSR count). The van der Waals surface area contributed by atoms with Crippen LogP contribution in [0.25, 0.3) is 0 Å². The topological polar surface area (TPSA) is 34.0 Å². The van der Waals surface area contributed by atoms with Crippen LogP contribution in [0.2, 0.25) is 0 Å². The number of thiophene rings is 1. The van der Waals surface area contributed by atoms with Crippen LogP contribution in [-0.2, 0) is 11.3 Å². The average molecular weight is 296 g/mol. The summed E-state index contributed by atoms with van der Waals surface area (Å²) >= 11 is 1.65. The molecular formula is C17H16N2OS. The lowest BCUT2D eigenvalue weighted by Gasteiger charge is -2.19. The molecule has 1 aromatic carbocycles. The summed E-state index contributed by atoms with van der Waals surface area (Å²) in [5.41, 5.74) is 0.984. The Morgan fingerprint density at radius 1 is 1.05 bits per heavy atom. The number of hydrogen-bond acceptors (Lipinski definition) is 2. The van der Waals surface area contributed by atoms with E-state index in [1.165, 1.54) is 0 Å². The molecule has 0 radical (unpaired) electrons. The van der Waals surface area contributed by atoms with Gasteiger partial charge in [-0.25, -0.2) is 0 Å². The van der Waals surface area contributed by atoms with E-state index >= 15 is 0 Å². The lowest BCUT2D eigenvalue weighted by molar-refractivity contribution is -0.123. The van der Waals surface area contributed by atoms with E-state index < -0.39 is 0 Å². The number of carbonyl (C=O) groups excluding carboxylic acids is 1. The Labute approximate surface area is 127 Å². The Balaban J connectivity index is 1.80. The van der Waals surface area contributed by atoms with Crippen molar-refractivity contribution in [3.05, 3.63) is 82.8 Å². The van der Waals surface area contributed by atoms with Gasteiger partial charge in [-0.2, -0.15) is 0 Å². The summed E-state index contributed by atoms with van der Waals surface area (Å²) in [6, 6.07) is 17.4. The molecule has 0 aliphatic carbocycles. The highest BCUT2D eigenvalue weighted by Crippen LogP contribution is 2.19. The lowest BCUT2D eigenvalue weighted by Crippen LogP contribution is -2.32. The molecule has 0 aliphatic rings. The Bertz CT molecular complexity index is 675. The van der Waals surface area contributed by atoms with Gasteiger partial charge in [0.25, 0.3) is 0 Å². The van der Waals surface area contributed by atoms with Gasteiger partial charge in [-0.3, -0.25) is 4.79 Å². The summed E-state index contributed by atoms with van der Waals surface area (Å²) < 4.78 is 1.93. The van der Waals surface area contributed by atoms with Crippen LogP contribution >= 0.6 is 11.3 Å². The van der Waals surface area contributed by atoms with Gasteiger partial charge in [-0.05, 0) is 29.1 Å². The molecule has 0 saturated heterocycles. The van der Waals surface area contributed by atoms with Crippen molar-refractivity contribution in [3.63, 3.8) is 0 Å². The number of benzene rings is 1. The van der Waals surface area contributed by atoms with Crippen LogP contribution < -0.4 is 5.32 Å². The van der Waals surface area contributed by atoms with Crippen LogP contribution in [0.15, 0.2) is 72.4 Å². The molecule has 0 saturated carbocycles. The first kappa shape index (κ1) is 13.6. The Hall–Kier alpha value is -2.33. The smallest absolute Gasteiger partial charge is 0.247 e. The van der Waals surface area contributed by atoms with Gasteiger partial charge in [-0.1, -0.05) is 36.4 Å². The van der Waals surface area contributed by atoms with Gasteiger partial charge in [0, 0.05) is 17.3 Å². The van der Waals surface area contributed by atoms with Crippen molar-refractivity contribution in [1.82, 2.24) is 9.88 Å². The van der Waals surface area contributed by atoms with E-state index in [-0.39, 0.29) is 11.9 Å². The van der Waals surface area contributed by atoms with Crippen LogP contribution in [0.5, 0.6) is 0 Å². The molecule has 0 spiro atoms. The van der Waals surface area contributed by atoms with Crippen molar-refractivity contribution in [3.8, 4) is 0 Å². The van der Waals surface area contributed by atoms with Crippen molar-refractivity contribution >= 4 is 17.2 Å². The summed E-state index contributed by atoms with van der Waals surface area (Å²) in [7, 11) is 0. The van der Waals surface area contributed by atoms with Crippen molar-refractivity contribution in [2.75, 3.05) is 0 Å². The quantitative estimate of drug-likeness (QED) is 0.768. The fraction of sp³-hybridized carbons (Fsp3) is 0.118. The average Bonchev–Trinajstić information content (AvgIpc) is 3.20. The molecule has 3 aromatic rings. The maximum Gasteiger partial charge on any atom is 0.247 e. The molecule has 1 atom stereocenters. The molecule has 4 heteroatoms. The van der Waals surface area contributed by atoms with Gasteiger partial charge < -0.3 is 9.88 Å². The zero-order valence-corrected chi connectivity index (χ0v) is 12.3. The molecule has 21 heavy (non-hydrogen) atoms. The predicted molar refractivity (Wildman–Crippen MR) is 85.2 cm³/mol. The summed E-state index contributed by atoms with van der Waals surface area (Å²) in [5, 5.41) is 5.04. The maximum atomic E-state index is 12.6. The second kappa shape index (κ2) is 6.41. The number of nitrogens with zero attached hydrogens (tertiary/aromatic N) is 1. The van der Waals surface area contributed by atoms with E-state index in [1.54, 1.807) is 11.3 Å². The van der Waals surface area contributed by atoms with Crippen molar-refractivity contribution in [2.45, 2.75) is 12.6 Å². The number of nitrogens with one attached hydrogen (secondary N) is 1. The lowest BCUT2D eigenvalue weighted by atomic mass is 10.1. The molecule has 2 aromatic heterocycles. The molecule has 1 unspecified atom stereocenters. The number of amides is 1. The summed E-state index contributed by atoms with van der Waals surface area (Å²) in [6.07, 6.45) is 3.84. The molecule has 3 nitrogen and oxygen atoms in total. The van der Waals surface area contributed by atoms with Crippen molar-refractivity contribution in [1.29, 1.82) is 0 Å². The largest absolute Gasteiger partial charge is 0.349 e. The molecule has 1 amide bonds. The van der Waals surface area contributed by atoms with Gasteiger partial charge in [0.1, 0.15) is 6.04 Å². The van der Waals surface area contributed by atoms with E-state index in [0.29, 0.717) is 6.54 Å². The van der Waals surface area contributed by atoms with Crippen molar-refractivity contribution < 1.29 is 4.79 Å². The van der Waals surface area contributed by atoms with E-state index in [2.05, 4.69) is 5.32 Å². The minimum atomic E-state index is -0.332. The third-order valence-corrected chi connectivity index (χ3v) is 4.18. The number of hydrogen-bond donors (Lipinski definition) is 1. The van der Waals surface area contributed by atoms with E-state index in [9.17, 15) is 4.79 Å². The number of aromatic nitrogens is 1. The fourth-order valence-electron chi connectivity index (χ4n) is 2.30. The minimum Gasteiger partial charge on any atom is -0.349 e. The van der Waals surface area contributed by atoms with Gasteiger partial charge in [-0.15, -0.1) is 11.3 Å². The zero-order valence-electron chi connectivity index (χ0n) is 11.5. The highest BCUT2D eigenvalue weighted by Gasteiger charge is 2.21. The number of rotatable bonds is 5. The first-order valence-corrected chi connectivity index (χ1v) is 7.70. The van der Waals surface area contributed by atoms with Crippen LogP contribution in [0.1, 0.15) is 16.5 Å². The maximum absolute atomic E-state index is 12.6. The van der Waals surface area contributed by atoms with E-state index in [0.717, 1.165) is 10.4 Å². The summed E-state index contributed by atoms with van der Waals surface area (Å²) in [5.74, 6) is 0.00537. The standard InChI is InChI=1S/C17H16N2OS/c20-17(18-13-15-9-6-12-21-15)16(19-10-4-5-11-19)14-7-2-1-3-8-14/h1-12,16H,13H2,(H,18,20). The molecule has 0 fully saturated rings. The van der Waals surface area contributed by atoms with Crippen LogP contribution in [0, 0.1) is 0 Å². The predicted octanol–water partition coefficient (Wildman–Crippen LogP) is 3.46. The van der Waals surface area contributed by atoms with Crippen LogP contribution in [0.4, 0.5) is 0 Å². The highest BCUT2D eigenvalue weighted by molar-refractivity contribution is 7.09. The highest BCUT2D eigenvalue weighted by atomic mass is 32.1. The minimum absolute atomic E-state index is 0.00537. The SMILES string of the molecule is O=C(NCc1cccs1)C(c1ccccc1)n1cccc1. The molecule has 2 heterocycles. The van der Waals surface area contributed by atoms with Crippen LogP contribution in [0.3, 0.4) is 0 Å². The summed E-state index contributed by atoms with van der Waals surface area (Å²) in [4.78, 5) is 13.8. The Morgan fingerprint density at radius 3 is 2.48 bits per heavy atom. The van der Waals surface area contributed by atoms with Crippen LogP contribution in [-0.4, -0.2) is 10.5 Å².